The number of carboxylic acid groups (broad SMARTS) is 1. The second kappa shape index (κ2) is 9.16. The van der Waals surface area contributed by atoms with Crippen molar-refractivity contribution in [2.24, 2.45) is 0 Å². The molecule has 0 saturated heterocycles. The number of aliphatic carboxylic acids is 1. The van der Waals surface area contributed by atoms with Gasteiger partial charge in [0, 0.05) is 10.0 Å². The van der Waals surface area contributed by atoms with Crippen LogP contribution >= 0.6 is 35.0 Å². The lowest BCUT2D eigenvalue weighted by Crippen LogP contribution is -2.41. The molecule has 2 rings (SSSR count). The molecule has 0 radical (unpaired) electrons. The zero-order chi connectivity index (χ0) is 22.0. The van der Waals surface area contributed by atoms with E-state index in [4.69, 9.17) is 23.2 Å². The molecule has 3 nitrogen and oxygen atoms in total. The van der Waals surface area contributed by atoms with Crippen molar-refractivity contribution < 1.29 is 28.2 Å². The number of rotatable bonds is 7. The Morgan fingerprint density at radius 2 is 1.62 bits per heavy atom. The Hall–Kier alpha value is -1.41. The summed E-state index contributed by atoms with van der Waals surface area (Å²) in [5, 5.41) is 18.4. The molecule has 0 amide bonds. The van der Waals surface area contributed by atoms with Crippen molar-refractivity contribution in [3.63, 3.8) is 0 Å². The molecule has 3 atom stereocenters. The number of thioether (sulfide) groups is 1. The molecule has 0 aliphatic carbocycles. The number of hydrogen-bond acceptors (Lipinski definition) is 3. The van der Waals surface area contributed by atoms with Crippen molar-refractivity contribution in [1.82, 2.24) is 0 Å². The maximum Gasteiger partial charge on any atom is 0.406 e. The quantitative estimate of drug-likeness (QED) is 0.505. The number of carboxylic acids is 1. The van der Waals surface area contributed by atoms with E-state index in [0.717, 1.165) is 31.0 Å². The molecular weight excluding hydrogens is 448 g/mol. The summed E-state index contributed by atoms with van der Waals surface area (Å²) < 4.78 is 39.5. The normalized spacial score (nSPS) is 16.1. The molecule has 0 heterocycles. The molecule has 0 saturated carbocycles. The Kier molecular flexibility index (Phi) is 7.54. The minimum atomic E-state index is -4.84. The molecule has 0 fully saturated rings. The first-order chi connectivity index (χ1) is 13.4. The largest absolute Gasteiger partial charge is 0.480 e. The van der Waals surface area contributed by atoms with Gasteiger partial charge in [0.1, 0.15) is 16.1 Å². The summed E-state index contributed by atoms with van der Waals surface area (Å²) in [5.74, 6) is -1.56. The van der Waals surface area contributed by atoms with Crippen molar-refractivity contribution in [1.29, 1.82) is 0 Å². The van der Waals surface area contributed by atoms with Crippen LogP contribution in [0.5, 0.6) is 0 Å². The van der Waals surface area contributed by atoms with Crippen molar-refractivity contribution in [2.45, 2.75) is 42.5 Å². The smallest absolute Gasteiger partial charge is 0.406 e. The summed E-state index contributed by atoms with van der Waals surface area (Å²) in [6.45, 7) is 2.77. The lowest BCUT2D eigenvalue weighted by atomic mass is 9.99. The zero-order valence-electron chi connectivity index (χ0n) is 15.5. The zero-order valence-corrected chi connectivity index (χ0v) is 17.8. The van der Waals surface area contributed by atoms with E-state index in [9.17, 15) is 28.2 Å². The number of hydrogen-bond donors (Lipinski definition) is 2. The summed E-state index contributed by atoms with van der Waals surface area (Å²) in [7, 11) is 0. The number of aryl methyl sites for hydroxylation is 1. The van der Waals surface area contributed by atoms with Crippen LogP contribution in [0.25, 0.3) is 0 Å². The van der Waals surface area contributed by atoms with Gasteiger partial charge in [-0.1, -0.05) is 54.4 Å². The van der Waals surface area contributed by atoms with Gasteiger partial charge in [0.25, 0.3) is 0 Å². The van der Waals surface area contributed by atoms with Gasteiger partial charge in [0.2, 0.25) is 0 Å². The van der Waals surface area contributed by atoms with Crippen LogP contribution in [0, 0.1) is 0 Å². The highest BCUT2D eigenvalue weighted by molar-refractivity contribution is 8.01. The fourth-order valence-corrected chi connectivity index (χ4v) is 4.57. The minimum Gasteiger partial charge on any atom is -0.480 e. The summed E-state index contributed by atoms with van der Waals surface area (Å²) in [6.07, 6.45) is -5.76. The molecule has 0 aliphatic heterocycles. The molecule has 0 bridgehead atoms. The van der Waals surface area contributed by atoms with E-state index in [1.807, 2.05) is 6.92 Å². The van der Waals surface area contributed by atoms with Gasteiger partial charge in [0.05, 0.1) is 0 Å². The Morgan fingerprint density at radius 1 is 1.10 bits per heavy atom. The van der Waals surface area contributed by atoms with Crippen LogP contribution in [-0.2, 0) is 16.0 Å². The third kappa shape index (κ3) is 5.40. The summed E-state index contributed by atoms with van der Waals surface area (Å²) in [5.41, 5.74) is 0.872. The first kappa shape index (κ1) is 23.9. The van der Waals surface area contributed by atoms with E-state index < -0.39 is 28.2 Å². The van der Waals surface area contributed by atoms with Crippen molar-refractivity contribution in [3.8, 4) is 0 Å². The van der Waals surface area contributed by atoms with Crippen LogP contribution in [-0.4, -0.2) is 27.6 Å². The van der Waals surface area contributed by atoms with E-state index in [0.29, 0.717) is 0 Å². The first-order valence-corrected chi connectivity index (χ1v) is 10.2. The Bertz CT molecular complexity index is 854. The summed E-state index contributed by atoms with van der Waals surface area (Å²) in [4.78, 5) is 11.8. The number of aliphatic hydroxyl groups excluding tert-OH is 1. The fraction of sp³-hybridized carbons (Fsp3) is 0.350. The second-order valence-electron chi connectivity index (χ2n) is 6.61. The third-order valence-corrected chi connectivity index (χ3v) is 6.67. The van der Waals surface area contributed by atoms with Crippen LogP contribution in [0.4, 0.5) is 13.2 Å². The topological polar surface area (TPSA) is 57.5 Å². The summed E-state index contributed by atoms with van der Waals surface area (Å²) in [6, 6.07) is 9.89. The standard InChI is InChI=1S/C20H19Cl2F3O3S/c1-3-11-4-6-12(7-5-11)16(26)17(18(27)28)29-19(2,20(23,24)25)13-8-14(21)10-15(22)9-13/h4-10,16-17,26H,3H2,1-2H3,(H,27,28). The van der Waals surface area contributed by atoms with E-state index in [1.165, 1.54) is 18.2 Å². The van der Waals surface area contributed by atoms with Gasteiger partial charge >= 0.3 is 12.1 Å². The van der Waals surface area contributed by atoms with Gasteiger partial charge in [-0.15, -0.1) is 11.8 Å². The lowest BCUT2D eigenvalue weighted by molar-refractivity contribution is -0.158. The number of aliphatic hydroxyl groups is 1. The molecule has 0 aromatic heterocycles. The average molecular weight is 467 g/mol. The predicted molar refractivity (Wildman–Crippen MR) is 110 cm³/mol. The number of carbonyl (C=O) groups is 1. The predicted octanol–water partition coefficient (Wildman–Crippen LogP) is 6.25. The fourth-order valence-electron chi connectivity index (χ4n) is 2.76. The Labute approximate surface area is 180 Å². The highest BCUT2D eigenvalue weighted by Gasteiger charge is 2.56. The first-order valence-electron chi connectivity index (χ1n) is 8.60. The molecule has 3 unspecified atom stereocenters. The van der Waals surface area contributed by atoms with E-state index in [1.54, 1.807) is 12.1 Å². The highest BCUT2D eigenvalue weighted by Crippen LogP contribution is 2.53. The van der Waals surface area contributed by atoms with Gasteiger partial charge in [-0.05, 0) is 48.2 Å². The molecule has 0 aliphatic rings. The molecular formula is C20H19Cl2F3O3S. The van der Waals surface area contributed by atoms with Crippen LogP contribution in [0.2, 0.25) is 10.0 Å². The molecule has 29 heavy (non-hydrogen) atoms. The van der Waals surface area contributed by atoms with E-state index in [-0.39, 0.29) is 32.9 Å². The second-order valence-corrected chi connectivity index (χ2v) is 9.04. The number of halogens is 5. The number of alkyl halides is 3. The van der Waals surface area contributed by atoms with E-state index >= 15 is 0 Å². The monoisotopic (exact) mass is 466 g/mol. The van der Waals surface area contributed by atoms with Gasteiger partial charge in [0.15, 0.2) is 0 Å². The maximum atomic E-state index is 14.1. The van der Waals surface area contributed by atoms with Crippen molar-refractivity contribution in [2.75, 3.05) is 0 Å². The van der Waals surface area contributed by atoms with E-state index in [2.05, 4.69) is 0 Å². The van der Waals surface area contributed by atoms with Gasteiger partial charge in [-0.2, -0.15) is 13.2 Å². The maximum absolute atomic E-state index is 14.1. The summed E-state index contributed by atoms with van der Waals surface area (Å²) >= 11 is 11.8. The van der Waals surface area contributed by atoms with Crippen LogP contribution in [0.3, 0.4) is 0 Å². The molecule has 2 N–H and O–H groups in total. The van der Waals surface area contributed by atoms with Gasteiger partial charge in [-0.3, -0.25) is 4.79 Å². The molecule has 9 heteroatoms. The molecule has 158 valence electrons. The van der Waals surface area contributed by atoms with Crippen LogP contribution in [0.1, 0.15) is 36.6 Å². The number of benzene rings is 2. The molecule has 2 aromatic rings. The van der Waals surface area contributed by atoms with Gasteiger partial charge < -0.3 is 10.2 Å². The van der Waals surface area contributed by atoms with Crippen molar-refractivity contribution in [3.05, 3.63) is 69.2 Å². The van der Waals surface area contributed by atoms with Crippen LogP contribution in [0.15, 0.2) is 42.5 Å². The molecule has 0 spiro atoms. The third-order valence-electron chi connectivity index (χ3n) is 4.58. The minimum absolute atomic E-state index is 0.00819. The Morgan fingerprint density at radius 3 is 2.03 bits per heavy atom. The van der Waals surface area contributed by atoms with Gasteiger partial charge in [-0.25, -0.2) is 0 Å². The van der Waals surface area contributed by atoms with Crippen LogP contribution < -0.4 is 0 Å². The average Bonchev–Trinajstić information content (AvgIpc) is 2.63. The Balaban J connectivity index is 2.48. The molecule has 2 aromatic carbocycles. The van der Waals surface area contributed by atoms with Crippen molar-refractivity contribution >= 4 is 40.9 Å². The highest BCUT2D eigenvalue weighted by atomic mass is 35.5. The lowest BCUT2D eigenvalue weighted by Gasteiger charge is -2.35. The SMILES string of the molecule is CCc1ccc(C(O)C(SC(C)(c2cc(Cl)cc(Cl)c2)C(F)(F)F)C(=O)O)cc1.